The largest absolute Gasteiger partial charge is 0.450 e. The molecule has 1 aliphatic carbocycles. The molecule has 0 spiro atoms. The zero-order chi connectivity index (χ0) is 39.2. The van der Waals surface area contributed by atoms with E-state index in [1.165, 1.54) is 25.1 Å². The summed E-state index contributed by atoms with van der Waals surface area (Å²) in [5.41, 5.74) is 3.43. The number of non-ortho nitro benzene ring substituents is 1. The fraction of sp³-hybridized carbons (Fsp3) is 0.243. The number of nitro groups is 1. The Morgan fingerprint density at radius 1 is 0.889 bits per heavy atom. The summed E-state index contributed by atoms with van der Waals surface area (Å²) in [6.45, 7) is 4.76. The van der Waals surface area contributed by atoms with E-state index in [1.807, 2.05) is 48.5 Å². The average molecular weight is 761 g/mol. The van der Waals surface area contributed by atoms with Gasteiger partial charge in [0.15, 0.2) is 0 Å². The van der Waals surface area contributed by atoms with Crippen molar-refractivity contribution in [2.45, 2.75) is 50.0 Å². The molecule has 17 heteroatoms. The number of benzene rings is 4. The summed E-state index contributed by atoms with van der Waals surface area (Å²) in [6.07, 6.45) is -2.56. The SMILES string of the molecule is CC(C)[C@H](NC(=O)OCC1c2ccccc2-c2ccccc21)C(=O)N[C@@H](C)C(=O)Nc1ccc(C(OC=O)Oc2ccc([N+](=O)[O-])cc2)c(S(=O)(=O)O)c1. The van der Waals surface area contributed by atoms with Crippen LogP contribution in [0, 0.1) is 16.0 Å². The van der Waals surface area contributed by atoms with Crippen LogP contribution in [0.1, 0.15) is 49.7 Å². The second-order valence-corrected chi connectivity index (χ2v) is 14.0. The Hall–Kier alpha value is -6.33. The van der Waals surface area contributed by atoms with Crippen molar-refractivity contribution in [3.8, 4) is 16.9 Å². The first kappa shape index (κ1) is 38.9. The van der Waals surface area contributed by atoms with Gasteiger partial charge in [0.1, 0.15) is 29.3 Å². The summed E-state index contributed by atoms with van der Waals surface area (Å²) >= 11 is 0. The standard InChI is InChI=1S/C37H36N4O12S/c1-21(2)33(40-37(45)51-19-31-28-10-6-4-8-26(28)27-9-5-7-11-29(27)31)35(44)38-22(3)34(43)39-23-12-17-30(32(18-23)54(48,49)50)36(52-20-42)53-25-15-13-24(14-16-25)41(46)47/h4-18,20-22,31,33,36H,19H2,1-3H3,(H,38,44)(H,39,43)(H,40,45)(H,48,49,50)/t22-,33-,36?/m0/s1. The monoisotopic (exact) mass is 760 g/mol. The van der Waals surface area contributed by atoms with E-state index in [-0.39, 0.29) is 41.7 Å². The number of amides is 3. The first-order chi connectivity index (χ1) is 25.7. The Morgan fingerprint density at radius 3 is 2.06 bits per heavy atom. The number of hydrogen-bond donors (Lipinski definition) is 4. The second-order valence-electron chi connectivity index (χ2n) is 12.6. The number of nitrogens with one attached hydrogen (secondary N) is 3. The number of alkyl carbamates (subject to hydrolysis) is 1. The van der Waals surface area contributed by atoms with Crippen LogP contribution >= 0.6 is 0 Å². The molecule has 1 aliphatic rings. The molecule has 0 saturated heterocycles. The number of anilines is 1. The van der Waals surface area contributed by atoms with Crippen LogP contribution in [0.25, 0.3) is 11.1 Å². The third-order valence-corrected chi connectivity index (χ3v) is 9.51. The molecule has 0 aliphatic heterocycles. The van der Waals surface area contributed by atoms with E-state index >= 15 is 0 Å². The van der Waals surface area contributed by atoms with E-state index < -0.39 is 62.1 Å². The van der Waals surface area contributed by atoms with E-state index in [1.54, 1.807) is 13.8 Å². The lowest BCUT2D eigenvalue weighted by molar-refractivity contribution is -0.384. The van der Waals surface area contributed by atoms with Gasteiger partial charge < -0.3 is 30.2 Å². The Morgan fingerprint density at radius 2 is 1.50 bits per heavy atom. The fourth-order valence-electron chi connectivity index (χ4n) is 5.94. The van der Waals surface area contributed by atoms with Crippen molar-refractivity contribution in [1.29, 1.82) is 0 Å². The summed E-state index contributed by atoms with van der Waals surface area (Å²) in [5.74, 6) is -2.13. The lowest BCUT2D eigenvalue weighted by Gasteiger charge is -2.24. The highest BCUT2D eigenvalue weighted by atomic mass is 32.2. The van der Waals surface area contributed by atoms with Crippen LogP contribution in [0.3, 0.4) is 0 Å². The van der Waals surface area contributed by atoms with Crippen molar-refractivity contribution < 1.29 is 51.3 Å². The Bertz CT molecular complexity index is 2130. The molecule has 0 heterocycles. The van der Waals surface area contributed by atoms with Crippen molar-refractivity contribution >= 4 is 45.9 Å². The van der Waals surface area contributed by atoms with Gasteiger partial charge in [0.05, 0.1) is 10.5 Å². The van der Waals surface area contributed by atoms with Crippen LogP contribution in [0.2, 0.25) is 0 Å². The number of hydrogen-bond acceptors (Lipinski definition) is 11. The zero-order valence-electron chi connectivity index (χ0n) is 29.1. The molecule has 4 aromatic rings. The van der Waals surface area contributed by atoms with Crippen LogP contribution < -0.4 is 20.7 Å². The highest BCUT2D eigenvalue weighted by Gasteiger charge is 2.32. The minimum atomic E-state index is -5.02. The highest BCUT2D eigenvalue weighted by molar-refractivity contribution is 7.85. The number of ether oxygens (including phenoxy) is 3. The number of nitro benzene ring substituents is 1. The lowest BCUT2D eigenvalue weighted by atomic mass is 9.98. The van der Waals surface area contributed by atoms with Gasteiger partial charge in [-0.25, -0.2) is 4.79 Å². The number of rotatable bonds is 15. The smallest absolute Gasteiger partial charge is 0.407 e. The van der Waals surface area contributed by atoms with Gasteiger partial charge in [-0.15, -0.1) is 0 Å². The molecule has 0 aromatic heterocycles. The van der Waals surface area contributed by atoms with E-state index in [2.05, 4.69) is 16.0 Å². The van der Waals surface area contributed by atoms with Gasteiger partial charge in [0.2, 0.25) is 11.8 Å². The van der Waals surface area contributed by atoms with Gasteiger partial charge >= 0.3 is 6.09 Å². The van der Waals surface area contributed by atoms with Crippen molar-refractivity contribution in [3.05, 3.63) is 118 Å². The van der Waals surface area contributed by atoms with Gasteiger partial charge in [-0.05, 0) is 65.4 Å². The Labute approximate surface area is 309 Å². The van der Waals surface area contributed by atoms with Crippen LogP contribution in [0.4, 0.5) is 16.2 Å². The summed E-state index contributed by atoms with van der Waals surface area (Å²) in [6, 6.07) is 21.2. The summed E-state index contributed by atoms with van der Waals surface area (Å²) in [4.78, 5) is 60.1. The number of fused-ring (bicyclic) bond motifs is 3. The van der Waals surface area contributed by atoms with Gasteiger partial charge in [0, 0.05) is 23.7 Å². The van der Waals surface area contributed by atoms with Gasteiger partial charge in [-0.3, -0.25) is 29.1 Å². The highest BCUT2D eigenvalue weighted by Crippen LogP contribution is 2.44. The van der Waals surface area contributed by atoms with Crippen molar-refractivity contribution in [1.82, 2.24) is 10.6 Å². The Balaban J connectivity index is 1.22. The Kier molecular flexibility index (Phi) is 11.9. The topological polar surface area (TPSA) is 230 Å². The fourth-order valence-corrected chi connectivity index (χ4v) is 6.67. The van der Waals surface area contributed by atoms with E-state index in [0.717, 1.165) is 46.5 Å². The van der Waals surface area contributed by atoms with Crippen molar-refractivity contribution in [2.75, 3.05) is 11.9 Å². The first-order valence-corrected chi connectivity index (χ1v) is 18.0. The first-order valence-electron chi connectivity index (χ1n) is 16.5. The molecule has 0 radical (unpaired) electrons. The molecular formula is C37H36N4O12S. The number of carbonyl (C=O) groups excluding carboxylic acids is 4. The molecule has 0 bridgehead atoms. The predicted molar refractivity (Wildman–Crippen MR) is 193 cm³/mol. The number of carbonyl (C=O) groups is 4. The predicted octanol–water partition coefficient (Wildman–Crippen LogP) is 5.10. The second kappa shape index (κ2) is 16.6. The molecule has 0 saturated carbocycles. The van der Waals surface area contributed by atoms with Crippen molar-refractivity contribution in [2.24, 2.45) is 5.92 Å². The zero-order valence-corrected chi connectivity index (χ0v) is 29.9. The lowest BCUT2D eigenvalue weighted by Crippen LogP contribution is -2.53. The van der Waals surface area contributed by atoms with Gasteiger partial charge in [-0.1, -0.05) is 62.4 Å². The third kappa shape index (κ3) is 8.99. The van der Waals surface area contributed by atoms with E-state index in [4.69, 9.17) is 14.2 Å². The molecule has 4 N–H and O–H groups in total. The maximum Gasteiger partial charge on any atom is 0.407 e. The molecule has 4 aromatic carbocycles. The normalized spacial score (nSPS) is 13.7. The third-order valence-electron chi connectivity index (χ3n) is 8.60. The molecule has 282 valence electrons. The van der Waals surface area contributed by atoms with Crippen LogP contribution in [-0.4, -0.2) is 61.0 Å². The minimum absolute atomic E-state index is 0.0284. The van der Waals surface area contributed by atoms with E-state index in [9.17, 15) is 42.3 Å². The molecule has 3 atom stereocenters. The van der Waals surface area contributed by atoms with Gasteiger partial charge in [0.25, 0.3) is 28.6 Å². The summed E-state index contributed by atoms with van der Waals surface area (Å²) in [7, 11) is -5.02. The molecule has 3 amide bonds. The maximum atomic E-state index is 13.3. The number of nitrogens with zero attached hydrogens (tertiary/aromatic N) is 1. The minimum Gasteiger partial charge on any atom is -0.450 e. The summed E-state index contributed by atoms with van der Waals surface area (Å²) < 4.78 is 50.8. The molecule has 1 unspecified atom stereocenters. The van der Waals surface area contributed by atoms with Crippen molar-refractivity contribution in [3.63, 3.8) is 0 Å². The quantitative estimate of drug-likeness (QED) is 0.0408. The average Bonchev–Trinajstić information content (AvgIpc) is 3.45. The van der Waals surface area contributed by atoms with Crippen LogP contribution in [0.5, 0.6) is 5.75 Å². The maximum absolute atomic E-state index is 13.3. The van der Waals surface area contributed by atoms with Crippen LogP contribution in [-0.2, 0) is 34.0 Å². The van der Waals surface area contributed by atoms with Crippen LogP contribution in [0.15, 0.2) is 95.9 Å². The molecular weight excluding hydrogens is 724 g/mol. The van der Waals surface area contributed by atoms with Gasteiger partial charge in [-0.2, -0.15) is 8.42 Å². The molecule has 16 nitrogen and oxygen atoms in total. The molecule has 0 fully saturated rings. The van der Waals surface area contributed by atoms with E-state index in [0.29, 0.717) is 0 Å². The molecule has 54 heavy (non-hydrogen) atoms. The summed E-state index contributed by atoms with van der Waals surface area (Å²) in [5, 5.41) is 18.5. The molecule has 5 rings (SSSR count).